The van der Waals surface area contributed by atoms with Gasteiger partial charge in [0.2, 0.25) is 11.1 Å². The Hall–Kier alpha value is -3.65. The monoisotopic (exact) mass is 447 g/mol. The average molecular weight is 448 g/mol. The van der Waals surface area contributed by atoms with Gasteiger partial charge in [-0.15, -0.1) is 10.2 Å². The standard InChI is InChI=1S/C24H22FN5OS/c1-17-8-7-11-19(14-17)29(15-18-9-3-2-4-10-18)22(31)16-32-24-28-27-23(30(24)26)20-12-5-6-13-21(20)25/h2-14H,15-16,26H2,1H3. The number of halogens is 1. The van der Waals surface area contributed by atoms with Crippen LogP contribution in [0.1, 0.15) is 11.1 Å². The second-order valence-electron chi connectivity index (χ2n) is 7.25. The summed E-state index contributed by atoms with van der Waals surface area (Å²) < 4.78 is 15.3. The highest BCUT2D eigenvalue weighted by Gasteiger charge is 2.20. The smallest absolute Gasteiger partial charge is 0.237 e. The molecule has 0 unspecified atom stereocenters. The number of hydrogen-bond acceptors (Lipinski definition) is 5. The van der Waals surface area contributed by atoms with Crippen LogP contribution >= 0.6 is 11.8 Å². The molecule has 0 fully saturated rings. The molecule has 32 heavy (non-hydrogen) atoms. The van der Waals surface area contributed by atoms with Crippen LogP contribution in [0.25, 0.3) is 11.4 Å². The summed E-state index contributed by atoms with van der Waals surface area (Å²) in [5, 5.41) is 8.39. The summed E-state index contributed by atoms with van der Waals surface area (Å²) in [6.45, 7) is 2.43. The number of thioether (sulfide) groups is 1. The van der Waals surface area contributed by atoms with Gasteiger partial charge in [-0.1, -0.05) is 66.4 Å². The number of nitrogen functional groups attached to an aromatic ring is 1. The van der Waals surface area contributed by atoms with Crippen molar-refractivity contribution >= 4 is 23.4 Å². The maximum absolute atomic E-state index is 14.1. The number of aryl methyl sites for hydroxylation is 1. The zero-order valence-electron chi connectivity index (χ0n) is 17.5. The van der Waals surface area contributed by atoms with Gasteiger partial charge in [0.1, 0.15) is 5.82 Å². The van der Waals surface area contributed by atoms with Crippen molar-refractivity contribution in [3.05, 3.63) is 95.8 Å². The normalized spacial score (nSPS) is 10.8. The molecule has 0 radical (unpaired) electrons. The second-order valence-corrected chi connectivity index (χ2v) is 8.19. The second kappa shape index (κ2) is 9.65. The number of nitrogens with zero attached hydrogens (tertiary/aromatic N) is 4. The molecule has 0 bridgehead atoms. The molecule has 0 aliphatic carbocycles. The lowest BCUT2D eigenvalue weighted by molar-refractivity contribution is -0.116. The molecule has 0 atom stereocenters. The van der Waals surface area contributed by atoms with Crippen molar-refractivity contribution in [2.75, 3.05) is 16.5 Å². The number of aromatic nitrogens is 3. The molecule has 1 amide bonds. The first kappa shape index (κ1) is 21.6. The first-order valence-corrected chi connectivity index (χ1v) is 11.0. The van der Waals surface area contributed by atoms with Crippen molar-refractivity contribution in [2.24, 2.45) is 0 Å². The summed E-state index contributed by atoms with van der Waals surface area (Å²) in [6, 6.07) is 23.8. The molecule has 0 spiro atoms. The van der Waals surface area contributed by atoms with Crippen molar-refractivity contribution in [1.82, 2.24) is 14.9 Å². The summed E-state index contributed by atoms with van der Waals surface area (Å²) >= 11 is 1.16. The zero-order chi connectivity index (χ0) is 22.5. The molecule has 162 valence electrons. The molecule has 2 N–H and O–H groups in total. The lowest BCUT2D eigenvalue weighted by Crippen LogP contribution is -2.32. The first-order valence-electron chi connectivity index (χ1n) is 10.0. The molecular weight excluding hydrogens is 425 g/mol. The maximum Gasteiger partial charge on any atom is 0.237 e. The third kappa shape index (κ3) is 4.81. The third-order valence-electron chi connectivity index (χ3n) is 4.90. The topological polar surface area (TPSA) is 77.0 Å². The van der Waals surface area contributed by atoms with E-state index in [0.29, 0.717) is 11.7 Å². The van der Waals surface area contributed by atoms with Gasteiger partial charge in [0.25, 0.3) is 0 Å². The van der Waals surface area contributed by atoms with E-state index in [2.05, 4.69) is 10.2 Å². The van der Waals surface area contributed by atoms with Crippen molar-refractivity contribution in [3.8, 4) is 11.4 Å². The Morgan fingerprint density at radius 2 is 1.78 bits per heavy atom. The molecule has 0 aliphatic heterocycles. The van der Waals surface area contributed by atoms with Crippen LogP contribution in [0.3, 0.4) is 0 Å². The lowest BCUT2D eigenvalue weighted by atomic mass is 10.1. The Balaban J connectivity index is 1.53. The highest BCUT2D eigenvalue weighted by molar-refractivity contribution is 7.99. The predicted octanol–water partition coefficient (Wildman–Crippen LogP) is 4.43. The van der Waals surface area contributed by atoms with Crippen LogP contribution in [0.15, 0.2) is 84.0 Å². The molecule has 1 heterocycles. The highest BCUT2D eigenvalue weighted by Crippen LogP contribution is 2.25. The Bertz CT molecular complexity index is 1230. The van der Waals surface area contributed by atoms with Gasteiger partial charge in [0.05, 0.1) is 17.9 Å². The van der Waals surface area contributed by atoms with Crippen LogP contribution in [0.4, 0.5) is 10.1 Å². The predicted molar refractivity (Wildman–Crippen MR) is 125 cm³/mol. The highest BCUT2D eigenvalue weighted by atomic mass is 32.2. The summed E-state index contributed by atoms with van der Waals surface area (Å²) in [4.78, 5) is 15.0. The molecule has 6 nitrogen and oxygen atoms in total. The van der Waals surface area contributed by atoms with Crippen molar-refractivity contribution in [2.45, 2.75) is 18.6 Å². The van der Waals surface area contributed by atoms with Crippen LogP contribution in [-0.4, -0.2) is 26.5 Å². The van der Waals surface area contributed by atoms with E-state index in [1.54, 1.807) is 23.1 Å². The molecule has 3 aromatic carbocycles. The van der Waals surface area contributed by atoms with E-state index in [1.165, 1.54) is 10.7 Å². The van der Waals surface area contributed by atoms with Gasteiger partial charge in [0, 0.05) is 5.69 Å². The number of amides is 1. The van der Waals surface area contributed by atoms with Crippen LogP contribution < -0.4 is 10.7 Å². The van der Waals surface area contributed by atoms with Crippen LogP contribution in [0.2, 0.25) is 0 Å². The van der Waals surface area contributed by atoms with Gasteiger partial charge < -0.3 is 10.7 Å². The van der Waals surface area contributed by atoms with Gasteiger partial charge in [-0.05, 0) is 42.3 Å². The lowest BCUT2D eigenvalue weighted by Gasteiger charge is -2.23. The Morgan fingerprint density at radius 3 is 2.53 bits per heavy atom. The maximum atomic E-state index is 14.1. The van der Waals surface area contributed by atoms with Gasteiger partial charge in [-0.3, -0.25) is 4.79 Å². The Labute approximate surface area is 189 Å². The molecule has 8 heteroatoms. The number of carbonyl (C=O) groups excluding carboxylic acids is 1. The number of anilines is 1. The van der Waals surface area contributed by atoms with Crippen molar-refractivity contribution in [1.29, 1.82) is 0 Å². The molecule has 1 aromatic heterocycles. The van der Waals surface area contributed by atoms with E-state index < -0.39 is 5.82 Å². The van der Waals surface area contributed by atoms with Crippen LogP contribution in [0.5, 0.6) is 0 Å². The van der Waals surface area contributed by atoms with Gasteiger partial charge in [-0.2, -0.15) is 0 Å². The quantitative estimate of drug-likeness (QED) is 0.335. The van der Waals surface area contributed by atoms with E-state index in [9.17, 15) is 9.18 Å². The van der Waals surface area contributed by atoms with Gasteiger partial charge >= 0.3 is 0 Å². The summed E-state index contributed by atoms with van der Waals surface area (Å²) in [5.41, 5.74) is 3.17. The first-order chi connectivity index (χ1) is 15.5. The number of nitrogens with two attached hydrogens (primary N) is 1. The van der Waals surface area contributed by atoms with Crippen LogP contribution in [0, 0.1) is 12.7 Å². The number of hydrogen-bond donors (Lipinski definition) is 1. The third-order valence-corrected chi connectivity index (χ3v) is 5.83. The molecule has 0 saturated carbocycles. The zero-order valence-corrected chi connectivity index (χ0v) is 18.3. The largest absolute Gasteiger partial charge is 0.335 e. The number of benzene rings is 3. The Morgan fingerprint density at radius 1 is 1.03 bits per heavy atom. The minimum atomic E-state index is -0.437. The minimum absolute atomic E-state index is 0.0973. The fraction of sp³-hybridized carbons (Fsp3) is 0.125. The Kier molecular flexibility index (Phi) is 6.51. The van der Waals surface area contributed by atoms with E-state index in [-0.39, 0.29) is 23.0 Å². The van der Waals surface area contributed by atoms with Crippen LogP contribution in [-0.2, 0) is 11.3 Å². The number of rotatable bonds is 7. The molecular formula is C24H22FN5OS. The van der Waals surface area contributed by atoms with Crippen molar-refractivity contribution < 1.29 is 9.18 Å². The summed E-state index contributed by atoms with van der Waals surface area (Å²) in [6.07, 6.45) is 0. The molecule has 0 aliphatic rings. The van der Waals surface area contributed by atoms with Crippen molar-refractivity contribution in [3.63, 3.8) is 0 Å². The van der Waals surface area contributed by atoms with E-state index in [1.807, 2.05) is 61.5 Å². The molecule has 4 aromatic rings. The fourth-order valence-corrected chi connectivity index (χ4v) is 4.02. The van der Waals surface area contributed by atoms with E-state index in [4.69, 9.17) is 5.84 Å². The molecule has 4 rings (SSSR count). The van der Waals surface area contributed by atoms with E-state index in [0.717, 1.165) is 28.6 Å². The van der Waals surface area contributed by atoms with Gasteiger partial charge in [0.15, 0.2) is 5.82 Å². The van der Waals surface area contributed by atoms with Gasteiger partial charge in [-0.25, -0.2) is 9.07 Å². The molecule has 0 saturated heterocycles. The summed E-state index contributed by atoms with van der Waals surface area (Å²) in [5.74, 6) is 5.88. The van der Waals surface area contributed by atoms with E-state index >= 15 is 0 Å². The SMILES string of the molecule is Cc1cccc(N(Cc2ccccc2)C(=O)CSc2nnc(-c3ccccc3F)n2N)c1. The fourth-order valence-electron chi connectivity index (χ4n) is 3.29. The number of carbonyl (C=O) groups is 1. The summed E-state index contributed by atoms with van der Waals surface area (Å²) in [7, 11) is 0. The minimum Gasteiger partial charge on any atom is -0.335 e. The average Bonchev–Trinajstić information content (AvgIpc) is 3.17.